The van der Waals surface area contributed by atoms with Crippen LogP contribution in [0.3, 0.4) is 0 Å². The lowest BCUT2D eigenvalue weighted by atomic mass is 9.94. The second-order valence-electron chi connectivity index (χ2n) is 7.01. The number of aromatic nitrogens is 1. The SMILES string of the molecule is Cc1ccc(NS(=O)(=O)c2cc3[nH]c4c(c3cc2C)C(=O)CCC4)c(Cl)c1. The third kappa shape index (κ3) is 3.13. The molecule has 2 N–H and O–H groups in total. The van der Waals surface area contributed by atoms with Crippen LogP contribution < -0.4 is 4.72 Å². The first-order valence-electron chi connectivity index (χ1n) is 8.73. The highest BCUT2D eigenvalue weighted by molar-refractivity contribution is 7.92. The summed E-state index contributed by atoms with van der Waals surface area (Å²) in [6, 6.07) is 8.53. The maximum absolute atomic E-state index is 13.0. The number of ketones is 1. The third-order valence-corrected chi connectivity index (χ3v) is 6.76. The molecule has 0 aliphatic heterocycles. The summed E-state index contributed by atoms with van der Waals surface area (Å²) >= 11 is 6.17. The van der Waals surface area contributed by atoms with Crippen LogP contribution >= 0.6 is 11.6 Å². The van der Waals surface area contributed by atoms with Crippen LogP contribution in [0, 0.1) is 13.8 Å². The van der Waals surface area contributed by atoms with E-state index in [0.717, 1.165) is 29.5 Å². The van der Waals surface area contributed by atoms with Crippen LogP contribution in [0.4, 0.5) is 5.69 Å². The number of sulfonamides is 1. The average Bonchev–Trinajstić information content (AvgIpc) is 2.95. The Morgan fingerprint density at radius 1 is 1.11 bits per heavy atom. The zero-order valence-corrected chi connectivity index (χ0v) is 16.6. The molecule has 0 amide bonds. The predicted octanol–water partition coefficient (Wildman–Crippen LogP) is 4.76. The number of aromatic amines is 1. The molecule has 2 aromatic carbocycles. The summed E-state index contributed by atoms with van der Waals surface area (Å²) in [5, 5.41) is 1.14. The van der Waals surface area contributed by atoms with Crippen LogP contribution in [0.15, 0.2) is 35.2 Å². The zero-order valence-electron chi connectivity index (χ0n) is 15.0. The first kappa shape index (κ1) is 18.1. The minimum atomic E-state index is -3.83. The van der Waals surface area contributed by atoms with Gasteiger partial charge < -0.3 is 4.98 Å². The molecule has 0 bridgehead atoms. The van der Waals surface area contributed by atoms with E-state index in [1.165, 1.54) is 0 Å². The second kappa shape index (κ2) is 6.39. The molecule has 1 aromatic heterocycles. The molecule has 0 fully saturated rings. The number of hydrogen-bond acceptors (Lipinski definition) is 3. The van der Waals surface area contributed by atoms with Gasteiger partial charge in [-0.15, -0.1) is 0 Å². The predicted molar refractivity (Wildman–Crippen MR) is 107 cm³/mol. The van der Waals surface area contributed by atoms with Gasteiger partial charge in [0.15, 0.2) is 5.78 Å². The van der Waals surface area contributed by atoms with Gasteiger partial charge in [-0.2, -0.15) is 0 Å². The Kier molecular flexibility index (Phi) is 4.28. The number of carbonyl (C=O) groups excluding carboxylic acids is 1. The Morgan fingerprint density at radius 2 is 1.89 bits per heavy atom. The van der Waals surface area contributed by atoms with Crippen molar-refractivity contribution in [3.63, 3.8) is 0 Å². The van der Waals surface area contributed by atoms with Crippen molar-refractivity contribution in [2.75, 3.05) is 4.72 Å². The van der Waals surface area contributed by atoms with Gasteiger partial charge in [-0.1, -0.05) is 17.7 Å². The van der Waals surface area contributed by atoms with E-state index in [1.54, 1.807) is 37.3 Å². The fourth-order valence-corrected chi connectivity index (χ4v) is 5.31. The highest BCUT2D eigenvalue weighted by Crippen LogP contribution is 2.33. The zero-order chi connectivity index (χ0) is 19.3. The first-order valence-corrected chi connectivity index (χ1v) is 10.6. The summed E-state index contributed by atoms with van der Waals surface area (Å²) in [5.41, 5.74) is 4.13. The van der Waals surface area contributed by atoms with Crippen molar-refractivity contribution in [3.05, 3.63) is 57.7 Å². The maximum Gasteiger partial charge on any atom is 0.262 e. The Morgan fingerprint density at radius 3 is 2.63 bits per heavy atom. The van der Waals surface area contributed by atoms with E-state index in [9.17, 15) is 13.2 Å². The van der Waals surface area contributed by atoms with Crippen LogP contribution in [0.2, 0.25) is 5.02 Å². The molecule has 0 unspecified atom stereocenters. The molecule has 1 heterocycles. The molecule has 3 aromatic rings. The lowest BCUT2D eigenvalue weighted by Gasteiger charge is -2.13. The van der Waals surface area contributed by atoms with Gasteiger partial charge in [0.05, 0.1) is 15.6 Å². The van der Waals surface area contributed by atoms with Crippen molar-refractivity contribution in [2.45, 2.75) is 38.0 Å². The molecule has 1 aliphatic rings. The highest BCUT2D eigenvalue weighted by atomic mass is 35.5. The Hall–Kier alpha value is -2.31. The minimum Gasteiger partial charge on any atom is -0.358 e. The number of anilines is 1. The van der Waals surface area contributed by atoms with Gasteiger partial charge in [0.25, 0.3) is 10.0 Å². The average molecular weight is 403 g/mol. The summed E-state index contributed by atoms with van der Waals surface area (Å²) in [5.74, 6) is 0.113. The fourth-order valence-electron chi connectivity index (χ4n) is 3.63. The summed E-state index contributed by atoms with van der Waals surface area (Å²) < 4.78 is 28.5. The lowest BCUT2D eigenvalue weighted by molar-refractivity contribution is 0.0974. The number of H-pyrrole nitrogens is 1. The van der Waals surface area contributed by atoms with Gasteiger partial charge in [-0.3, -0.25) is 9.52 Å². The minimum absolute atomic E-state index is 0.113. The Bertz CT molecular complexity index is 1200. The van der Waals surface area contributed by atoms with Gasteiger partial charge in [-0.05, 0) is 62.1 Å². The summed E-state index contributed by atoms with van der Waals surface area (Å²) in [6.07, 6.45) is 2.15. The van der Waals surface area contributed by atoms with Crippen molar-refractivity contribution in [1.29, 1.82) is 0 Å². The molecule has 4 rings (SSSR count). The quantitative estimate of drug-likeness (QED) is 0.663. The van der Waals surface area contributed by atoms with Gasteiger partial charge in [-0.25, -0.2) is 8.42 Å². The molecule has 0 saturated heterocycles. The standard InChI is InChI=1S/C20H19ClN2O3S/c1-11-6-7-15(14(21)8-11)23-27(25,26)19-10-17-13(9-12(19)2)20-16(22-17)4-3-5-18(20)24/h6-10,22-23H,3-5H2,1-2H3. The molecule has 1 aliphatic carbocycles. The second-order valence-corrected chi connectivity index (χ2v) is 9.07. The molecular weight excluding hydrogens is 384 g/mol. The highest BCUT2D eigenvalue weighted by Gasteiger charge is 2.25. The van der Waals surface area contributed by atoms with Gasteiger partial charge in [0.2, 0.25) is 0 Å². The molecule has 0 saturated carbocycles. The molecule has 0 radical (unpaired) electrons. The number of carbonyl (C=O) groups is 1. The number of halogens is 1. The van der Waals surface area contributed by atoms with E-state index >= 15 is 0 Å². The summed E-state index contributed by atoms with van der Waals surface area (Å²) in [6.45, 7) is 3.62. The van der Waals surface area contributed by atoms with Crippen LogP contribution in [0.5, 0.6) is 0 Å². The molecule has 27 heavy (non-hydrogen) atoms. The van der Waals surface area contributed by atoms with Crippen molar-refractivity contribution in [3.8, 4) is 0 Å². The first-order chi connectivity index (χ1) is 12.8. The van der Waals surface area contributed by atoms with E-state index in [0.29, 0.717) is 33.8 Å². The molecule has 0 spiro atoms. The van der Waals surface area contributed by atoms with Crippen molar-refractivity contribution in [1.82, 2.24) is 4.98 Å². The van der Waals surface area contributed by atoms with Crippen LogP contribution in [-0.4, -0.2) is 19.2 Å². The summed E-state index contributed by atoms with van der Waals surface area (Å²) in [7, 11) is -3.83. The molecule has 140 valence electrons. The number of aryl methyl sites for hydroxylation is 3. The molecule has 7 heteroatoms. The number of Topliss-reactive ketones (excluding diaryl/α,β-unsaturated/α-hetero) is 1. The number of benzene rings is 2. The van der Waals surface area contributed by atoms with Crippen molar-refractivity contribution in [2.24, 2.45) is 0 Å². The summed E-state index contributed by atoms with van der Waals surface area (Å²) in [4.78, 5) is 15.7. The van der Waals surface area contributed by atoms with E-state index in [1.807, 2.05) is 6.92 Å². The largest absolute Gasteiger partial charge is 0.358 e. The van der Waals surface area contributed by atoms with E-state index in [4.69, 9.17) is 11.6 Å². The Balaban J connectivity index is 1.81. The van der Waals surface area contributed by atoms with Crippen molar-refractivity contribution < 1.29 is 13.2 Å². The number of hydrogen-bond donors (Lipinski definition) is 2. The van der Waals surface area contributed by atoms with Crippen LogP contribution in [0.25, 0.3) is 10.9 Å². The van der Waals surface area contributed by atoms with E-state index < -0.39 is 10.0 Å². The van der Waals surface area contributed by atoms with Gasteiger partial charge in [0, 0.05) is 28.6 Å². The Labute approximate surface area is 162 Å². The normalized spacial score (nSPS) is 14.4. The smallest absolute Gasteiger partial charge is 0.262 e. The number of fused-ring (bicyclic) bond motifs is 3. The number of rotatable bonds is 3. The van der Waals surface area contributed by atoms with E-state index in [2.05, 4.69) is 9.71 Å². The third-order valence-electron chi connectivity index (χ3n) is 4.94. The topological polar surface area (TPSA) is 79.0 Å². The molecular formula is C20H19ClN2O3S. The number of nitrogens with one attached hydrogen (secondary N) is 2. The lowest BCUT2D eigenvalue weighted by Crippen LogP contribution is -2.14. The van der Waals surface area contributed by atoms with Crippen LogP contribution in [-0.2, 0) is 16.4 Å². The monoisotopic (exact) mass is 402 g/mol. The maximum atomic E-state index is 13.0. The fraction of sp³-hybridized carbons (Fsp3) is 0.250. The van der Waals surface area contributed by atoms with Gasteiger partial charge >= 0.3 is 0 Å². The van der Waals surface area contributed by atoms with Crippen LogP contribution in [0.1, 0.15) is 40.0 Å². The van der Waals surface area contributed by atoms with E-state index in [-0.39, 0.29) is 10.7 Å². The van der Waals surface area contributed by atoms with Crippen molar-refractivity contribution >= 4 is 44.0 Å². The molecule has 5 nitrogen and oxygen atoms in total. The van der Waals surface area contributed by atoms with Gasteiger partial charge in [0.1, 0.15) is 0 Å². The molecule has 0 atom stereocenters.